The van der Waals surface area contributed by atoms with Gasteiger partial charge in [-0.1, -0.05) is 54.1 Å². The molecule has 0 atom stereocenters. The zero-order chi connectivity index (χ0) is 19.2. The number of nitrogens with one attached hydrogen (secondary N) is 1. The molecule has 0 saturated heterocycles. The highest BCUT2D eigenvalue weighted by molar-refractivity contribution is 6.30. The van der Waals surface area contributed by atoms with Gasteiger partial charge in [-0.15, -0.1) is 0 Å². The first-order valence-corrected chi connectivity index (χ1v) is 9.53. The van der Waals surface area contributed by atoms with Crippen LogP contribution in [0, 0.1) is 6.92 Å². The first-order chi connectivity index (χ1) is 13.0. The Hall–Kier alpha value is -2.59. The van der Waals surface area contributed by atoms with Crippen LogP contribution < -0.4 is 10.2 Å². The van der Waals surface area contributed by atoms with Crippen LogP contribution in [0.2, 0.25) is 5.02 Å². The highest BCUT2D eigenvalue weighted by Crippen LogP contribution is 2.21. The van der Waals surface area contributed by atoms with Crippen molar-refractivity contribution in [3.05, 3.63) is 82.5 Å². The molecule has 140 valence electrons. The van der Waals surface area contributed by atoms with Crippen molar-refractivity contribution in [2.75, 3.05) is 10.2 Å². The van der Waals surface area contributed by atoms with Gasteiger partial charge >= 0.3 is 0 Å². The molecule has 1 N–H and O–H groups in total. The minimum Gasteiger partial charge on any atom is -0.350 e. The van der Waals surface area contributed by atoms with Crippen LogP contribution >= 0.6 is 11.6 Å². The van der Waals surface area contributed by atoms with Crippen LogP contribution in [0.25, 0.3) is 0 Å². The molecule has 5 heteroatoms. The van der Waals surface area contributed by atoms with E-state index in [9.17, 15) is 0 Å². The molecule has 0 fully saturated rings. The van der Waals surface area contributed by atoms with Gasteiger partial charge in [0.15, 0.2) is 0 Å². The van der Waals surface area contributed by atoms with Crippen LogP contribution in [0.4, 0.5) is 11.8 Å². The minimum atomic E-state index is 0.323. The number of nitrogens with zero attached hydrogens (tertiary/aromatic N) is 3. The van der Waals surface area contributed by atoms with E-state index in [1.807, 2.05) is 43.3 Å². The molecule has 2 aromatic carbocycles. The summed E-state index contributed by atoms with van der Waals surface area (Å²) in [4.78, 5) is 11.6. The van der Waals surface area contributed by atoms with Gasteiger partial charge in [0.2, 0.25) is 5.95 Å². The van der Waals surface area contributed by atoms with E-state index in [1.165, 1.54) is 5.56 Å². The average molecular weight is 381 g/mol. The summed E-state index contributed by atoms with van der Waals surface area (Å²) in [5.41, 5.74) is 3.34. The van der Waals surface area contributed by atoms with Gasteiger partial charge in [-0.2, -0.15) is 4.98 Å². The fourth-order valence-corrected chi connectivity index (χ4v) is 3.00. The number of benzene rings is 2. The lowest BCUT2D eigenvalue weighted by Gasteiger charge is -2.28. The Morgan fingerprint density at radius 3 is 2.33 bits per heavy atom. The van der Waals surface area contributed by atoms with Crippen molar-refractivity contribution in [3.63, 3.8) is 0 Å². The lowest BCUT2D eigenvalue weighted by atomic mass is 10.2. The second-order valence-corrected chi connectivity index (χ2v) is 7.31. The van der Waals surface area contributed by atoms with Crippen molar-refractivity contribution in [3.8, 4) is 0 Å². The Morgan fingerprint density at radius 2 is 1.67 bits per heavy atom. The van der Waals surface area contributed by atoms with Gasteiger partial charge in [-0.3, -0.25) is 0 Å². The summed E-state index contributed by atoms with van der Waals surface area (Å²) >= 11 is 5.95. The molecule has 0 spiro atoms. The number of aromatic nitrogens is 2. The maximum absolute atomic E-state index is 5.95. The molecular formula is C22H25ClN4. The molecule has 0 unspecified atom stereocenters. The summed E-state index contributed by atoms with van der Waals surface area (Å²) in [5.74, 6) is 1.57. The van der Waals surface area contributed by atoms with Crippen LogP contribution in [0.5, 0.6) is 0 Å². The Labute approximate surface area is 166 Å². The third-order valence-electron chi connectivity index (χ3n) is 4.32. The molecule has 0 aliphatic rings. The van der Waals surface area contributed by atoms with Gasteiger partial charge < -0.3 is 10.2 Å². The monoisotopic (exact) mass is 380 g/mol. The number of anilines is 2. The first kappa shape index (κ1) is 19.2. The van der Waals surface area contributed by atoms with Gasteiger partial charge in [0, 0.05) is 35.9 Å². The number of aryl methyl sites for hydroxylation is 1. The molecule has 0 aliphatic heterocycles. The Balaban J connectivity index is 1.78. The van der Waals surface area contributed by atoms with Gasteiger partial charge in [0.1, 0.15) is 5.82 Å². The van der Waals surface area contributed by atoms with Crippen molar-refractivity contribution < 1.29 is 0 Å². The number of halogens is 1. The number of rotatable bonds is 7. The average Bonchev–Trinajstić information content (AvgIpc) is 2.66. The predicted molar refractivity (Wildman–Crippen MR) is 113 cm³/mol. The highest BCUT2D eigenvalue weighted by Gasteiger charge is 2.14. The van der Waals surface area contributed by atoms with E-state index in [0.29, 0.717) is 18.5 Å². The third-order valence-corrected chi connectivity index (χ3v) is 4.57. The van der Waals surface area contributed by atoms with E-state index in [-0.39, 0.29) is 0 Å². The van der Waals surface area contributed by atoms with Gasteiger partial charge in [0.25, 0.3) is 0 Å². The van der Waals surface area contributed by atoms with Crippen molar-refractivity contribution >= 4 is 23.4 Å². The summed E-state index contributed by atoms with van der Waals surface area (Å²) in [5, 5.41) is 4.06. The molecule has 0 radical (unpaired) electrons. The van der Waals surface area contributed by atoms with E-state index in [0.717, 1.165) is 28.6 Å². The molecule has 0 bridgehead atoms. The molecule has 3 rings (SSSR count). The molecule has 4 nitrogen and oxygen atoms in total. The molecule has 1 heterocycles. The van der Waals surface area contributed by atoms with E-state index >= 15 is 0 Å². The topological polar surface area (TPSA) is 41.1 Å². The van der Waals surface area contributed by atoms with Gasteiger partial charge in [0.05, 0.1) is 0 Å². The molecule has 0 saturated carbocycles. The summed E-state index contributed by atoms with van der Waals surface area (Å²) in [6, 6.07) is 20.6. The zero-order valence-corrected chi connectivity index (χ0v) is 16.7. The lowest BCUT2D eigenvalue weighted by Crippen LogP contribution is -2.31. The second-order valence-electron chi connectivity index (χ2n) is 6.88. The third kappa shape index (κ3) is 5.44. The maximum atomic E-state index is 5.95. The standard InChI is InChI=1S/C22H25ClN4/c1-16(2)27(15-19-7-5-4-6-8-19)21-13-17(3)25-22(26-21)24-14-18-9-11-20(23)12-10-18/h4-13,16H,14-15H2,1-3H3,(H,24,25,26). The summed E-state index contributed by atoms with van der Waals surface area (Å²) < 4.78 is 0. The van der Waals surface area contributed by atoms with E-state index in [4.69, 9.17) is 16.6 Å². The van der Waals surface area contributed by atoms with Crippen LogP contribution in [-0.2, 0) is 13.1 Å². The fourth-order valence-electron chi connectivity index (χ4n) is 2.87. The molecule has 1 aromatic heterocycles. The summed E-state index contributed by atoms with van der Waals surface area (Å²) in [6.07, 6.45) is 0. The molecule has 0 amide bonds. The molecular weight excluding hydrogens is 356 g/mol. The van der Waals surface area contributed by atoms with E-state index in [2.05, 4.69) is 53.3 Å². The number of hydrogen-bond acceptors (Lipinski definition) is 4. The van der Waals surface area contributed by atoms with Crippen molar-refractivity contribution in [1.29, 1.82) is 0 Å². The minimum absolute atomic E-state index is 0.323. The molecule has 0 aliphatic carbocycles. The van der Waals surface area contributed by atoms with Crippen LogP contribution in [0.3, 0.4) is 0 Å². The first-order valence-electron chi connectivity index (χ1n) is 9.16. The zero-order valence-electron chi connectivity index (χ0n) is 16.0. The van der Waals surface area contributed by atoms with Gasteiger partial charge in [-0.05, 0) is 44.0 Å². The smallest absolute Gasteiger partial charge is 0.225 e. The quantitative estimate of drug-likeness (QED) is 0.590. The van der Waals surface area contributed by atoms with Crippen LogP contribution in [-0.4, -0.2) is 16.0 Å². The van der Waals surface area contributed by atoms with Crippen molar-refractivity contribution in [2.45, 2.75) is 39.9 Å². The van der Waals surface area contributed by atoms with E-state index < -0.39 is 0 Å². The van der Waals surface area contributed by atoms with Crippen LogP contribution in [0.1, 0.15) is 30.7 Å². The van der Waals surface area contributed by atoms with Gasteiger partial charge in [-0.25, -0.2) is 4.98 Å². The Bertz CT molecular complexity index is 863. The van der Waals surface area contributed by atoms with Crippen molar-refractivity contribution in [2.24, 2.45) is 0 Å². The largest absolute Gasteiger partial charge is 0.350 e. The second kappa shape index (κ2) is 8.87. The normalized spacial score (nSPS) is 10.9. The SMILES string of the molecule is Cc1cc(N(Cc2ccccc2)C(C)C)nc(NCc2ccc(Cl)cc2)n1. The van der Waals surface area contributed by atoms with E-state index in [1.54, 1.807) is 0 Å². The maximum Gasteiger partial charge on any atom is 0.225 e. The summed E-state index contributed by atoms with van der Waals surface area (Å²) in [7, 11) is 0. The Morgan fingerprint density at radius 1 is 0.963 bits per heavy atom. The lowest BCUT2D eigenvalue weighted by molar-refractivity contribution is 0.671. The highest BCUT2D eigenvalue weighted by atomic mass is 35.5. The summed E-state index contributed by atoms with van der Waals surface area (Å²) in [6.45, 7) is 7.83. The Kier molecular flexibility index (Phi) is 6.30. The molecule has 3 aromatic rings. The molecule has 27 heavy (non-hydrogen) atoms. The fraction of sp³-hybridized carbons (Fsp3) is 0.273. The predicted octanol–water partition coefficient (Wildman–Crippen LogP) is 5.47. The number of hydrogen-bond donors (Lipinski definition) is 1. The van der Waals surface area contributed by atoms with Crippen LogP contribution in [0.15, 0.2) is 60.7 Å². The van der Waals surface area contributed by atoms with Crippen molar-refractivity contribution in [1.82, 2.24) is 9.97 Å².